The average Bonchev–Trinajstić information content (AvgIpc) is 2.39. The number of phenolic OH excluding ortho intramolecular Hbond substituents is 1. The average molecular weight is 266 g/mol. The smallest absolute Gasteiger partial charge is 0.237 e. The van der Waals surface area contributed by atoms with Crippen molar-refractivity contribution in [1.82, 2.24) is 5.32 Å². The Hall–Kier alpha value is -1.59. The van der Waals surface area contributed by atoms with Gasteiger partial charge in [-0.05, 0) is 38.0 Å². The van der Waals surface area contributed by atoms with Crippen LogP contribution < -0.4 is 11.1 Å². The molecule has 2 atom stereocenters. The molecule has 1 aromatic rings. The summed E-state index contributed by atoms with van der Waals surface area (Å²) < 4.78 is 5.32. The summed E-state index contributed by atoms with van der Waals surface area (Å²) in [5.74, 6) is 0.00643. The zero-order valence-electron chi connectivity index (χ0n) is 11.4. The Morgan fingerprint density at radius 1 is 1.42 bits per heavy atom. The van der Waals surface area contributed by atoms with E-state index in [1.807, 2.05) is 13.8 Å². The molecule has 0 fully saturated rings. The molecule has 5 heteroatoms. The van der Waals surface area contributed by atoms with E-state index >= 15 is 0 Å². The van der Waals surface area contributed by atoms with E-state index in [1.54, 1.807) is 24.3 Å². The number of amides is 1. The minimum atomic E-state index is -0.599. The monoisotopic (exact) mass is 266 g/mol. The molecule has 0 aromatic heterocycles. The largest absolute Gasteiger partial charge is 0.508 e. The fraction of sp³-hybridized carbons (Fsp3) is 0.500. The maximum atomic E-state index is 11.8. The number of carbonyl (C=O) groups excluding carboxylic acids is 1. The van der Waals surface area contributed by atoms with Crippen LogP contribution in [0.5, 0.6) is 5.75 Å². The Balaban J connectivity index is 2.38. The molecule has 5 nitrogen and oxygen atoms in total. The van der Waals surface area contributed by atoms with Crippen molar-refractivity contribution in [1.29, 1.82) is 0 Å². The molecule has 0 heterocycles. The van der Waals surface area contributed by atoms with Gasteiger partial charge in [0.15, 0.2) is 0 Å². The van der Waals surface area contributed by atoms with Crippen LogP contribution in [0.4, 0.5) is 0 Å². The Labute approximate surface area is 113 Å². The van der Waals surface area contributed by atoms with Crippen LogP contribution in [-0.2, 0) is 16.0 Å². The lowest BCUT2D eigenvalue weighted by molar-refractivity contribution is -0.122. The number of nitrogens with two attached hydrogens (primary N) is 1. The zero-order chi connectivity index (χ0) is 14.3. The highest BCUT2D eigenvalue weighted by Gasteiger charge is 2.14. The molecule has 1 rings (SSSR count). The van der Waals surface area contributed by atoms with Crippen LogP contribution in [-0.4, -0.2) is 36.3 Å². The normalized spacial score (nSPS) is 13.8. The first-order chi connectivity index (χ1) is 9.02. The highest BCUT2D eigenvalue weighted by molar-refractivity contribution is 5.81. The molecule has 0 spiro atoms. The van der Waals surface area contributed by atoms with E-state index in [0.717, 1.165) is 5.56 Å². The highest BCUT2D eigenvalue weighted by atomic mass is 16.5. The molecule has 0 radical (unpaired) electrons. The number of rotatable bonds is 7. The molecule has 0 aliphatic carbocycles. The third-order valence-electron chi connectivity index (χ3n) is 2.74. The predicted octanol–water partition coefficient (Wildman–Crippen LogP) is 0.803. The summed E-state index contributed by atoms with van der Waals surface area (Å²) in [5.41, 5.74) is 6.75. The number of nitrogens with one attached hydrogen (secondary N) is 1. The second-order valence-electron chi connectivity index (χ2n) is 4.49. The van der Waals surface area contributed by atoms with Gasteiger partial charge in [-0.15, -0.1) is 0 Å². The van der Waals surface area contributed by atoms with Crippen molar-refractivity contribution >= 4 is 5.91 Å². The molecule has 1 amide bonds. The molecule has 19 heavy (non-hydrogen) atoms. The van der Waals surface area contributed by atoms with Gasteiger partial charge in [0.05, 0.1) is 12.1 Å². The molecule has 1 aromatic carbocycles. The van der Waals surface area contributed by atoms with Crippen LogP contribution in [0, 0.1) is 0 Å². The Morgan fingerprint density at radius 2 is 2.05 bits per heavy atom. The summed E-state index contributed by atoms with van der Waals surface area (Å²) in [6.45, 7) is 4.89. The van der Waals surface area contributed by atoms with Crippen LogP contribution in [0.25, 0.3) is 0 Å². The number of aromatic hydroxyl groups is 1. The molecule has 0 bridgehead atoms. The van der Waals surface area contributed by atoms with Gasteiger partial charge < -0.3 is 20.9 Å². The van der Waals surface area contributed by atoms with Crippen molar-refractivity contribution in [3.8, 4) is 5.75 Å². The van der Waals surface area contributed by atoms with E-state index in [0.29, 0.717) is 19.6 Å². The first kappa shape index (κ1) is 15.5. The van der Waals surface area contributed by atoms with E-state index in [2.05, 4.69) is 5.32 Å². The lowest BCUT2D eigenvalue weighted by atomic mass is 10.1. The SMILES string of the molecule is CCOC(C)CNC(=O)[C@@H](N)Cc1ccc(O)cc1. The summed E-state index contributed by atoms with van der Waals surface area (Å²) in [5, 5.41) is 11.9. The van der Waals surface area contributed by atoms with Crippen molar-refractivity contribution in [3.63, 3.8) is 0 Å². The lowest BCUT2D eigenvalue weighted by Gasteiger charge is -2.16. The third-order valence-corrected chi connectivity index (χ3v) is 2.74. The molecular formula is C14H22N2O3. The number of phenols is 1. The van der Waals surface area contributed by atoms with Gasteiger partial charge in [0.1, 0.15) is 5.75 Å². The van der Waals surface area contributed by atoms with E-state index in [4.69, 9.17) is 10.5 Å². The van der Waals surface area contributed by atoms with Gasteiger partial charge in [-0.1, -0.05) is 12.1 Å². The molecular weight excluding hydrogens is 244 g/mol. The van der Waals surface area contributed by atoms with Gasteiger partial charge in [0.25, 0.3) is 0 Å². The van der Waals surface area contributed by atoms with Gasteiger partial charge in [-0.2, -0.15) is 0 Å². The van der Waals surface area contributed by atoms with Crippen LogP contribution in [0.1, 0.15) is 19.4 Å². The molecule has 1 unspecified atom stereocenters. The number of ether oxygens (including phenoxy) is 1. The third kappa shape index (κ3) is 5.72. The van der Waals surface area contributed by atoms with Gasteiger partial charge in [-0.25, -0.2) is 0 Å². The number of hydrogen-bond donors (Lipinski definition) is 3. The maximum Gasteiger partial charge on any atom is 0.237 e. The van der Waals surface area contributed by atoms with Crippen molar-refractivity contribution in [2.75, 3.05) is 13.2 Å². The van der Waals surface area contributed by atoms with Crippen molar-refractivity contribution in [3.05, 3.63) is 29.8 Å². The van der Waals surface area contributed by atoms with Gasteiger partial charge in [0, 0.05) is 13.2 Å². The van der Waals surface area contributed by atoms with Crippen LogP contribution in [0.3, 0.4) is 0 Å². The first-order valence-electron chi connectivity index (χ1n) is 6.45. The zero-order valence-corrected chi connectivity index (χ0v) is 11.4. The Bertz CT molecular complexity index is 392. The van der Waals surface area contributed by atoms with Crippen molar-refractivity contribution in [2.45, 2.75) is 32.4 Å². The number of benzene rings is 1. The second kappa shape index (κ2) is 7.76. The quantitative estimate of drug-likeness (QED) is 0.681. The summed E-state index contributed by atoms with van der Waals surface area (Å²) in [6.07, 6.45) is 0.421. The van der Waals surface area contributed by atoms with E-state index < -0.39 is 6.04 Å². The van der Waals surface area contributed by atoms with E-state index in [9.17, 15) is 9.90 Å². The summed E-state index contributed by atoms with van der Waals surface area (Å²) in [7, 11) is 0. The molecule has 0 aliphatic rings. The fourth-order valence-electron chi connectivity index (χ4n) is 1.70. The van der Waals surface area contributed by atoms with Crippen LogP contribution in [0.2, 0.25) is 0 Å². The molecule has 4 N–H and O–H groups in total. The lowest BCUT2D eigenvalue weighted by Crippen LogP contribution is -2.44. The molecule has 0 saturated carbocycles. The van der Waals surface area contributed by atoms with Crippen LogP contribution >= 0.6 is 0 Å². The maximum absolute atomic E-state index is 11.8. The Morgan fingerprint density at radius 3 is 2.63 bits per heavy atom. The van der Waals surface area contributed by atoms with Crippen molar-refractivity contribution in [2.24, 2.45) is 5.73 Å². The molecule has 0 saturated heterocycles. The summed E-state index contributed by atoms with van der Waals surface area (Å²) in [6, 6.07) is 6.07. The second-order valence-corrected chi connectivity index (χ2v) is 4.49. The number of hydrogen-bond acceptors (Lipinski definition) is 4. The van der Waals surface area contributed by atoms with E-state index in [-0.39, 0.29) is 17.8 Å². The van der Waals surface area contributed by atoms with Gasteiger partial charge in [-0.3, -0.25) is 4.79 Å². The minimum Gasteiger partial charge on any atom is -0.508 e. The minimum absolute atomic E-state index is 0.0187. The Kier molecular flexibility index (Phi) is 6.32. The van der Waals surface area contributed by atoms with Crippen LogP contribution in [0.15, 0.2) is 24.3 Å². The molecule has 0 aliphatic heterocycles. The first-order valence-corrected chi connectivity index (χ1v) is 6.45. The molecule has 106 valence electrons. The fourth-order valence-corrected chi connectivity index (χ4v) is 1.70. The van der Waals surface area contributed by atoms with E-state index in [1.165, 1.54) is 0 Å². The standard InChI is InChI=1S/C14H22N2O3/c1-3-19-10(2)9-16-14(18)13(15)8-11-4-6-12(17)7-5-11/h4-7,10,13,17H,3,8-9,15H2,1-2H3,(H,16,18)/t10?,13-/m0/s1. The van der Waals surface area contributed by atoms with Gasteiger partial charge >= 0.3 is 0 Å². The predicted molar refractivity (Wildman–Crippen MR) is 73.9 cm³/mol. The highest BCUT2D eigenvalue weighted by Crippen LogP contribution is 2.10. The van der Waals surface area contributed by atoms with Crippen molar-refractivity contribution < 1.29 is 14.6 Å². The number of carbonyl (C=O) groups is 1. The summed E-state index contributed by atoms with van der Waals surface area (Å²) >= 11 is 0. The summed E-state index contributed by atoms with van der Waals surface area (Å²) in [4.78, 5) is 11.8. The topological polar surface area (TPSA) is 84.6 Å². The van der Waals surface area contributed by atoms with Gasteiger partial charge in [0.2, 0.25) is 5.91 Å².